The van der Waals surface area contributed by atoms with Gasteiger partial charge in [0, 0.05) is 29.4 Å². The Morgan fingerprint density at radius 1 is 0.889 bits per heavy atom. The molecule has 0 aromatic heterocycles. The van der Waals surface area contributed by atoms with Crippen molar-refractivity contribution in [1.82, 2.24) is 4.90 Å². The first-order chi connectivity index (χ1) is 13.3. The van der Waals surface area contributed by atoms with Crippen LogP contribution in [0.5, 0.6) is 0 Å². The molecule has 3 aromatic carbocycles. The van der Waals surface area contributed by atoms with Crippen LogP contribution in [-0.2, 0) is 11.3 Å². The van der Waals surface area contributed by atoms with Crippen LogP contribution >= 0.6 is 11.8 Å². The SMILES string of the molecule is Cc1ccc(Sc2ccc(C3CN(Cc4ccccc4)CCO3)cc2)cc1. The van der Waals surface area contributed by atoms with Crippen LogP contribution in [0.1, 0.15) is 22.8 Å². The quantitative estimate of drug-likeness (QED) is 0.566. The highest BCUT2D eigenvalue weighted by Crippen LogP contribution is 2.30. The highest BCUT2D eigenvalue weighted by molar-refractivity contribution is 7.99. The summed E-state index contributed by atoms with van der Waals surface area (Å²) in [5.41, 5.74) is 3.92. The minimum atomic E-state index is 0.154. The third-order valence-electron chi connectivity index (χ3n) is 4.91. The third-order valence-corrected chi connectivity index (χ3v) is 5.92. The smallest absolute Gasteiger partial charge is 0.0952 e. The Morgan fingerprint density at radius 3 is 2.26 bits per heavy atom. The minimum Gasteiger partial charge on any atom is -0.371 e. The zero-order valence-electron chi connectivity index (χ0n) is 15.7. The summed E-state index contributed by atoms with van der Waals surface area (Å²) in [7, 11) is 0. The van der Waals surface area contributed by atoms with Gasteiger partial charge in [-0.05, 0) is 42.3 Å². The van der Waals surface area contributed by atoms with Crippen molar-refractivity contribution in [2.45, 2.75) is 29.4 Å². The normalized spacial score (nSPS) is 17.7. The maximum Gasteiger partial charge on any atom is 0.0952 e. The van der Waals surface area contributed by atoms with E-state index in [4.69, 9.17) is 4.74 Å². The van der Waals surface area contributed by atoms with Crippen molar-refractivity contribution in [3.05, 3.63) is 95.6 Å². The summed E-state index contributed by atoms with van der Waals surface area (Å²) in [6, 6.07) is 28.2. The van der Waals surface area contributed by atoms with E-state index in [1.54, 1.807) is 11.8 Å². The van der Waals surface area contributed by atoms with Gasteiger partial charge in [0.05, 0.1) is 12.7 Å². The van der Waals surface area contributed by atoms with E-state index in [9.17, 15) is 0 Å². The van der Waals surface area contributed by atoms with Gasteiger partial charge in [0.15, 0.2) is 0 Å². The van der Waals surface area contributed by atoms with Gasteiger partial charge >= 0.3 is 0 Å². The number of nitrogens with zero attached hydrogens (tertiary/aromatic N) is 1. The molecule has 1 fully saturated rings. The average Bonchev–Trinajstić information content (AvgIpc) is 2.71. The van der Waals surface area contributed by atoms with Gasteiger partial charge in [-0.1, -0.05) is 71.9 Å². The lowest BCUT2D eigenvalue weighted by atomic mass is 10.1. The summed E-state index contributed by atoms with van der Waals surface area (Å²) in [5.74, 6) is 0. The summed E-state index contributed by atoms with van der Waals surface area (Å²) in [5, 5.41) is 0. The molecule has 1 aliphatic rings. The van der Waals surface area contributed by atoms with E-state index >= 15 is 0 Å². The van der Waals surface area contributed by atoms with Crippen molar-refractivity contribution >= 4 is 11.8 Å². The van der Waals surface area contributed by atoms with Crippen LogP contribution in [0.2, 0.25) is 0 Å². The lowest BCUT2D eigenvalue weighted by Crippen LogP contribution is -2.37. The van der Waals surface area contributed by atoms with E-state index in [-0.39, 0.29) is 6.10 Å². The Bertz CT molecular complexity index is 846. The van der Waals surface area contributed by atoms with Gasteiger partial charge < -0.3 is 4.74 Å². The third kappa shape index (κ3) is 5.01. The van der Waals surface area contributed by atoms with E-state index in [1.807, 2.05) is 0 Å². The average molecular weight is 376 g/mol. The van der Waals surface area contributed by atoms with Crippen LogP contribution < -0.4 is 0 Å². The standard InChI is InChI=1S/C24H25NOS/c1-19-7-11-22(12-8-19)27-23-13-9-21(10-14-23)24-18-25(15-16-26-24)17-20-5-3-2-4-6-20/h2-14,24H,15-18H2,1H3. The second-order valence-corrected chi connectivity index (χ2v) is 8.21. The maximum atomic E-state index is 6.05. The number of hydrogen-bond acceptors (Lipinski definition) is 3. The summed E-state index contributed by atoms with van der Waals surface area (Å²) < 4.78 is 6.05. The number of morpholine rings is 1. The molecule has 1 aliphatic heterocycles. The topological polar surface area (TPSA) is 12.5 Å². The van der Waals surface area contributed by atoms with Crippen LogP contribution in [0.4, 0.5) is 0 Å². The maximum absolute atomic E-state index is 6.05. The molecule has 0 spiro atoms. The molecule has 0 radical (unpaired) electrons. The first-order valence-electron chi connectivity index (χ1n) is 9.49. The van der Waals surface area contributed by atoms with Crippen molar-refractivity contribution < 1.29 is 4.74 Å². The number of benzene rings is 3. The Kier molecular flexibility index (Phi) is 5.93. The molecule has 27 heavy (non-hydrogen) atoms. The second-order valence-electron chi connectivity index (χ2n) is 7.06. The molecule has 1 heterocycles. The molecule has 4 rings (SSSR count). The Balaban J connectivity index is 1.38. The van der Waals surface area contributed by atoms with Crippen LogP contribution in [0, 0.1) is 6.92 Å². The number of aryl methyl sites for hydroxylation is 1. The molecule has 2 nitrogen and oxygen atoms in total. The van der Waals surface area contributed by atoms with Gasteiger partial charge in [0.2, 0.25) is 0 Å². The molecule has 0 N–H and O–H groups in total. The largest absolute Gasteiger partial charge is 0.371 e. The summed E-state index contributed by atoms with van der Waals surface area (Å²) in [4.78, 5) is 5.02. The molecule has 3 aromatic rings. The minimum absolute atomic E-state index is 0.154. The Morgan fingerprint density at radius 2 is 1.56 bits per heavy atom. The molecular formula is C24H25NOS. The van der Waals surface area contributed by atoms with Crippen molar-refractivity contribution in [2.24, 2.45) is 0 Å². The fraction of sp³-hybridized carbons (Fsp3) is 0.250. The zero-order valence-corrected chi connectivity index (χ0v) is 16.5. The van der Waals surface area contributed by atoms with Gasteiger partial charge in [-0.25, -0.2) is 0 Å². The van der Waals surface area contributed by atoms with Gasteiger partial charge in [-0.3, -0.25) is 4.90 Å². The molecule has 0 amide bonds. The fourth-order valence-corrected chi connectivity index (χ4v) is 4.20. The molecule has 138 valence electrons. The summed E-state index contributed by atoms with van der Waals surface area (Å²) in [6.45, 7) is 5.83. The number of hydrogen-bond donors (Lipinski definition) is 0. The van der Waals surface area contributed by atoms with Crippen molar-refractivity contribution in [2.75, 3.05) is 19.7 Å². The van der Waals surface area contributed by atoms with E-state index in [0.717, 1.165) is 26.2 Å². The first kappa shape index (κ1) is 18.3. The number of ether oxygens (including phenoxy) is 1. The van der Waals surface area contributed by atoms with E-state index in [2.05, 4.69) is 90.7 Å². The van der Waals surface area contributed by atoms with Crippen molar-refractivity contribution in [3.8, 4) is 0 Å². The highest BCUT2D eigenvalue weighted by Gasteiger charge is 2.22. The zero-order chi connectivity index (χ0) is 18.5. The van der Waals surface area contributed by atoms with E-state index in [0.29, 0.717) is 0 Å². The van der Waals surface area contributed by atoms with Crippen molar-refractivity contribution in [3.63, 3.8) is 0 Å². The lowest BCUT2D eigenvalue weighted by Gasteiger charge is -2.33. The lowest BCUT2D eigenvalue weighted by molar-refractivity contribution is -0.0329. The summed E-state index contributed by atoms with van der Waals surface area (Å²) >= 11 is 1.80. The molecule has 3 heteroatoms. The summed E-state index contributed by atoms with van der Waals surface area (Å²) in [6.07, 6.45) is 0.154. The fourth-order valence-electron chi connectivity index (χ4n) is 3.38. The monoisotopic (exact) mass is 375 g/mol. The molecule has 0 saturated carbocycles. The molecule has 1 unspecified atom stereocenters. The first-order valence-corrected chi connectivity index (χ1v) is 10.3. The van der Waals surface area contributed by atoms with Gasteiger partial charge in [-0.15, -0.1) is 0 Å². The van der Waals surface area contributed by atoms with Crippen LogP contribution in [0.3, 0.4) is 0 Å². The molecule has 0 aliphatic carbocycles. The second kappa shape index (κ2) is 8.75. The molecule has 1 saturated heterocycles. The number of rotatable bonds is 5. The molecular weight excluding hydrogens is 350 g/mol. The molecule has 1 atom stereocenters. The van der Waals surface area contributed by atoms with Crippen LogP contribution in [0.15, 0.2) is 88.7 Å². The van der Waals surface area contributed by atoms with E-state index < -0.39 is 0 Å². The van der Waals surface area contributed by atoms with Crippen LogP contribution in [-0.4, -0.2) is 24.6 Å². The van der Waals surface area contributed by atoms with Gasteiger partial charge in [-0.2, -0.15) is 0 Å². The van der Waals surface area contributed by atoms with Crippen molar-refractivity contribution in [1.29, 1.82) is 0 Å². The van der Waals surface area contributed by atoms with E-state index in [1.165, 1.54) is 26.5 Å². The van der Waals surface area contributed by atoms with Crippen LogP contribution in [0.25, 0.3) is 0 Å². The predicted molar refractivity (Wildman–Crippen MR) is 112 cm³/mol. The van der Waals surface area contributed by atoms with Gasteiger partial charge in [0.25, 0.3) is 0 Å². The van der Waals surface area contributed by atoms with Gasteiger partial charge in [0.1, 0.15) is 0 Å². The predicted octanol–water partition coefficient (Wildman–Crippen LogP) is 5.72. The Labute approximate surface area is 166 Å². The molecule has 0 bridgehead atoms. The Hall–Kier alpha value is -2.07. The highest BCUT2D eigenvalue weighted by atomic mass is 32.2.